The molecular formula is C14H21NO3S. The fourth-order valence-corrected chi connectivity index (χ4v) is 2.89. The van der Waals surface area contributed by atoms with Crippen molar-refractivity contribution in [1.82, 2.24) is 0 Å². The SMILES string of the molecule is CCCc1c(C(=O)OC)sc(N)c1C(=O)C(C)(C)C. The Bertz CT molecular complexity index is 498. The summed E-state index contributed by atoms with van der Waals surface area (Å²) in [5.74, 6) is -0.451. The first-order valence-electron chi connectivity index (χ1n) is 6.28. The van der Waals surface area contributed by atoms with Crippen molar-refractivity contribution in [2.75, 3.05) is 12.8 Å². The van der Waals surface area contributed by atoms with Gasteiger partial charge in [-0.1, -0.05) is 34.1 Å². The summed E-state index contributed by atoms with van der Waals surface area (Å²) in [6, 6.07) is 0. The predicted molar refractivity (Wildman–Crippen MR) is 77.9 cm³/mol. The number of anilines is 1. The number of rotatable bonds is 4. The lowest BCUT2D eigenvalue weighted by Crippen LogP contribution is -2.22. The van der Waals surface area contributed by atoms with Crippen LogP contribution in [0.1, 0.15) is 59.7 Å². The van der Waals surface area contributed by atoms with E-state index in [4.69, 9.17) is 10.5 Å². The average Bonchev–Trinajstić information content (AvgIpc) is 2.63. The molecule has 0 spiro atoms. The lowest BCUT2D eigenvalue weighted by atomic mass is 9.84. The quantitative estimate of drug-likeness (QED) is 0.680. The largest absolute Gasteiger partial charge is 0.465 e. The average molecular weight is 283 g/mol. The molecule has 2 N–H and O–H groups in total. The number of ketones is 1. The van der Waals surface area contributed by atoms with Gasteiger partial charge in [-0.25, -0.2) is 4.79 Å². The molecule has 1 aromatic heterocycles. The highest BCUT2D eigenvalue weighted by atomic mass is 32.1. The van der Waals surface area contributed by atoms with E-state index >= 15 is 0 Å². The standard InChI is InChI=1S/C14H21NO3S/c1-6-7-8-9(11(16)14(2,3)4)12(15)19-10(8)13(17)18-5/h6-7,15H2,1-5H3. The van der Waals surface area contributed by atoms with Gasteiger partial charge in [0.05, 0.1) is 17.7 Å². The van der Waals surface area contributed by atoms with Crippen LogP contribution >= 0.6 is 11.3 Å². The first kappa shape index (κ1) is 15.7. The van der Waals surface area contributed by atoms with E-state index in [1.807, 2.05) is 27.7 Å². The van der Waals surface area contributed by atoms with Gasteiger partial charge in [0.25, 0.3) is 0 Å². The number of methoxy groups -OCH3 is 1. The van der Waals surface area contributed by atoms with Crippen molar-refractivity contribution in [3.05, 3.63) is 16.0 Å². The maximum Gasteiger partial charge on any atom is 0.348 e. The Balaban J connectivity index is 3.43. The summed E-state index contributed by atoms with van der Waals surface area (Å²) in [5, 5.41) is 0.406. The van der Waals surface area contributed by atoms with Crippen LogP contribution in [-0.2, 0) is 11.2 Å². The maximum atomic E-state index is 12.5. The second-order valence-corrected chi connectivity index (χ2v) is 6.52. The molecule has 0 aliphatic carbocycles. The molecule has 0 aromatic carbocycles. The van der Waals surface area contributed by atoms with E-state index in [0.29, 0.717) is 21.9 Å². The number of ether oxygens (including phenoxy) is 1. The summed E-state index contributed by atoms with van der Waals surface area (Å²) < 4.78 is 4.76. The van der Waals surface area contributed by atoms with Gasteiger partial charge in [0.2, 0.25) is 0 Å². The summed E-state index contributed by atoms with van der Waals surface area (Å²) in [4.78, 5) is 24.7. The monoisotopic (exact) mass is 283 g/mol. The molecule has 0 saturated heterocycles. The number of nitrogen functional groups attached to an aromatic ring is 1. The van der Waals surface area contributed by atoms with Crippen LogP contribution in [0.25, 0.3) is 0 Å². The van der Waals surface area contributed by atoms with Crippen molar-refractivity contribution in [3.8, 4) is 0 Å². The fourth-order valence-electron chi connectivity index (χ4n) is 1.85. The predicted octanol–water partition coefficient (Wildman–Crippen LogP) is 3.30. The molecule has 1 heterocycles. The van der Waals surface area contributed by atoms with E-state index < -0.39 is 11.4 Å². The molecule has 0 aliphatic heterocycles. The summed E-state index contributed by atoms with van der Waals surface area (Å²) in [6.07, 6.45) is 1.49. The van der Waals surface area contributed by atoms with Crippen LogP contribution < -0.4 is 5.73 Å². The fraction of sp³-hybridized carbons (Fsp3) is 0.571. The molecule has 0 aliphatic rings. The van der Waals surface area contributed by atoms with E-state index in [0.717, 1.165) is 23.3 Å². The number of carbonyl (C=O) groups excluding carboxylic acids is 2. The number of carbonyl (C=O) groups is 2. The molecule has 1 aromatic rings. The molecule has 106 valence electrons. The lowest BCUT2D eigenvalue weighted by molar-refractivity contribution is 0.0605. The summed E-state index contributed by atoms with van der Waals surface area (Å²) in [5.41, 5.74) is 6.66. The van der Waals surface area contributed by atoms with Gasteiger partial charge >= 0.3 is 5.97 Å². The van der Waals surface area contributed by atoms with Gasteiger partial charge in [-0.2, -0.15) is 0 Å². The highest BCUT2D eigenvalue weighted by Gasteiger charge is 2.31. The van der Waals surface area contributed by atoms with Crippen molar-refractivity contribution in [3.63, 3.8) is 0 Å². The van der Waals surface area contributed by atoms with Gasteiger partial charge in [0, 0.05) is 5.41 Å². The van der Waals surface area contributed by atoms with E-state index in [1.165, 1.54) is 7.11 Å². The second-order valence-electron chi connectivity index (χ2n) is 5.47. The lowest BCUT2D eigenvalue weighted by Gasteiger charge is -2.17. The van der Waals surface area contributed by atoms with Crippen LogP contribution in [0, 0.1) is 5.41 Å². The third-order valence-electron chi connectivity index (χ3n) is 2.81. The van der Waals surface area contributed by atoms with Crippen LogP contribution in [0.4, 0.5) is 5.00 Å². The van der Waals surface area contributed by atoms with E-state index in [9.17, 15) is 9.59 Å². The minimum Gasteiger partial charge on any atom is -0.465 e. The number of thiophene rings is 1. The molecule has 0 fully saturated rings. The first-order chi connectivity index (χ1) is 8.73. The Kier molecular flexibility index (Phi) is 4.74. The van der Waals surface area contributed by atoms with Gasteiger partial charge in [-0.05, 0) is 12.0 Å². The second kappa shape index (κ2) is 5.74. The molecule has 0 amide bonds. The van der Waals surface area contributed by atoms with Crippen LogP contribution in [0.3, 0.4) is 0 Å². The highest BCUT2D eigenvalue weighted by molar-refractivity contribution is 7.18. The Hall–Kier alpha value is -1.36. The molecule has 4 nitrogen and oxygen atoms in total. The van der Waals surface area contributed by atoms with E-state index in [2.05, 4.69) is 0 Å². The van der Waals surface area contributed by atoms with Crippen molar-refractivity contribution < 1.29 is 14.3 Å². The molecule has 0 unspecified atom stereocenters. The number of nitrogens with two attached hydrogens (primary N) is 1. The normalized spacial score (nSPS) is 11.4. The molecular weight excluding hydrogens is 262 g/mol. The third-order valence-corrected chi connectivity index (χ3v) is 3.85. The molecule has 19 heavy (non-hydrogen) atoms. The number of hydrogen-bond donors (Lipinski definition) is 1. The highest BCUT2D eigenvalue weighted by Crippen LogP contribution is 2.36. The summed E-state index contributed by atoms with van der Waals surface area (Å²) in [7, 11) is 1.33. The Morgan fingerprint density at radius 1 is 1.32 bits per heavy atom. The Morgan fingerprint density at radius 3 is 2.32 bits per heavy atom. The Labute approximate surface area is 117 Å². The third kappa shape index (κ3) is 3.15. The van der Waals surface area contributed by atoms with Gasteiger partial charge in [-0.15, -0.1) is 11.3 Å². The van der Waals surface area contributed by atoms with Gasteiger partial charge in [0.15, 0.2) is 5.78 Å². The van der Waals surface area contributed by atoms with Crippen molar-refractivity contribution in [2.24, 2.45) is 5.41 Å². The maximum absolute atomic E-state index is 12.5. The van der Waals surface area contributed by atoms with E-state index in [1.54, 1.807) is 0 Å². The minimum atomic E-state index is -0.523. The van der Waals surface area contributed by atoms with Crippen molar-refractivity contribution in [1.29, 1.82) is 0 Å². The summed E-state index contributed by atoms with van der Waals surface area (Å²) >= 11 is 1.14. The van der Waals surface area contributed by atoms with Crippen molar-refractivity contribution >= 4 is 28.1 Å². The van der Waals surface area contributed by atoms with E-state index in [-0.39, 0.29) is 5.78 Å². The molecule has 0 saturated carbocycles. The molecule has 0 radical (unpaired) electrons. The zero-order valence-electron chi connectivity index (χ0n) is 12.1. The topological polar surface area (TPSA) is 69.4 Å². The molecule has 1 rings (SSSR count). The van der Waals surface area contributed by atoms with Gasteiger partial charge < -0.3 is 10.5 Å². The van der Waals surface area contributed by atoms with Gasteiger partial charge in [-0.3, -0.25) is 4.79 Å². The smallest absolute Gasteiger partial charge is 0.348 e. The summed E-state index contributed by atoms with van der Waals surface area (Å²) in [6.45, 7) is 7.54. The minimum absolute atomic E-state index is 0.0279. The molecule has 0 atom stereocenters. The zero-order valence-corrected chi connectivity index (χ0v) is 12.9. The Morgan fingerprint density at radius 2 is 1.89 bits per heavy atom. The van der Waals surface area contributed by atoms with Crippen molar-refractivity contribution in [2.45, 2.75) is 40.5 Å². The first-order valence-corrected chi connectivity index (χ1v) is 7.09. The zero-order chi connectivity index (χ0) is 14.8. The van der Waals surface area contributed by atoms with Crippen LogP contribution in [-0.4, -0.2) is 18.9 Å². The van der Waals surface area contributed by atoms with Gasteiger partial charge in [0.1, 0.15) is 4.88 Å². The van der Waals surface area contributed by atoms with Crippen LogP contribution in [0.2, 0.25) is 0 Å². The number of Topliss-reactive ketones (excluding diaryl/α,β-unsaturated/α-hetero) is 1. The number of hydrogen-bond acceptors (Lipinski definition) is 5. The molecule has 0 bridgehead atoms. The molecule has 5 heteroatoms. The number of esters is 1. The van der Waals surface area contributed by atoms with Crippen LogP contribution in [0.15, 0.2) is 0 Å². The van der Waals surface area contributed by atoms with Crippen LogP contribution in [0.5, 0.6) is 0 Å².